The summed E-state index contributed by atoms with van der Waals surface area (Å²) in [6.07, 6.45) is 6.57. The Morgan fingerprint density at radius 1 is 0.833 bits per heavy atom. The Hall–Kier alpha value is -4.13. The fourth-order valence-electron chi connectivity index (χ4n) is 3.72. The third kappa shape index (κ3) is 8.93. The molecule has 0 heterocycles. The molecule has 0 radical (unpaired) electrons. The number of hydrogen-bond acceptors (Lipinski definition) is 7. The first-order chi connectivity index (χ1) is 19.7. The summed E-state index contributed by atoms with van der Waals surface area (Å²) in [6, 6.07) is 8.13. The Morgan fingerprint density at radius 3 is 1.90 bits per heavy atom. The van der Waals surface area contributed by atoms with Gasteiger partial charge in [-0.05, 0) is 103 Å². The third-order valence-electron chi connectivity index (χ3n) is 6.07. The van der Waals surface area contributed by atoms with E-state index in [1.807, 2.05) is 13.0 Å². The van der Waals surface area contributed by atoms with E-state index in [0.29, 0.717) is 59.0 Å². The minimum Gasteiger partial charge on any atom is -0.493 e. The van der Waals surface area contributed by atoms with Crippen LogP contribution in [0.4, 0.5) is 0 Å². The van der Waals surface area contributed by atoms with Crippen LogP contribution in [0.5, 0.6) is 17.2 Å². The van der Waals surface area contributed by atoms with E-state index in [2.05, 4.69) is 13.2 Å². The van der Waals surface area contributed by atoms with E-state index in [1.165, 1.54) is 7.11 Å². The molecule has 0 atom stereocenters. The van der Waals surface area contributed by atoms with Crippen LogP contribution < -0.4 is 14.2 Å². The Bertz CT molecular complexity index is 1330. The van der Waals surface area contributed by atoms with Crippen LogP contribution in [0.15, 0.2) is 61.4 Å². The topological polar surface area (TPSA) is 88.1 Å². The summed E-state index contributed by atoms with van der Waals surface area (Å²) in [4.78, 5) is 38.7. The number of carbonyl (C=O) groups is 3. The van der Waals surface area contributed by atoms with Crippen molar-refractivity contribution in [2.24, 2.45) is 10.8 Å². The molecule has 2 rings (SSSR count). The monoisotopic (exact) mass is 576 g/mol. The lowest BCUT2D eigenvalue weighted by Crippen LogP contribution is -2.26. The number of carbonyl (C=O) groups excluding carboxylic acids is 3. The fraction of sp³-hybridized carbons (Fsp3) is 0.400. The van der Waals surface area contributed by atoms with E-state index in [4.69, 9.17) is 18.9 Å². The molecule has 0 bridgehead atoms. The fourth-order valence-corrected chi connectivity index (χ4v) is 3.72. The highest BCUT2D eigenvalue weighted by Crippen LogP contribution is 2.40. The predicted octanol–water partition coefficient (Wildman–Crippen LogP) is 7.71. The van der Waals surface area contributed by atoms with Gasteiger partial charge in [0.05, 0.1) is 24.5 Å². The summed E-state index contributed by atoms with van der Waals surface area (Å²) in [5.41, 5.74) is 0.915. The zero-order valence-corrected chi connectivity index (χ0v) is 26.2. The van der Waals surface area contributed by atoms with Crippen LogP contribution in [-0.4, -0.2) is 31.4 Å². The summed E-state index contributed by atoms with van der Waals surface area (Å²) >= 11 is 0. The van der Waals surface area contributed by atoms with Gasteiger partial charge in [-0.2, -0.15) is 0 Å². The van der Waals surface area contributed by atoms with Crippen LogP contribution in [0.2, 0.25) is 0 Å². The van der Waals surface area contributed by atoms with E-state index in [-0.39, 0.29) is 23.5 Å². The molecular weight excluding hydrogens is 532 g/mol. The molecule has 0 saturated carbocycles. The Kier molecular flexibility index (Phi) is 11.9. The van der Waals surface area contributed by atoms with E-state index in [9.17, 15) is 14.4 Å². The lowest BCUT2D eigenvalue weighted by atomic mass is 9.95. The molecule has 0 unspecified atom stereocenters. The number of Topliss-reactive ketones (excluding diaryl/α,β-unsaturated/α-hetero) is 1. The lowest BCUT2D eigenvalue weighted by molar-refractivity contribution is -0.143. The number of ether oxygens (including phenoxy) is 4. The maximum absolute atomic E-state index is 13.5. The number of methoxy groups -OCH3 is 1. The molecule has 7 nitrogen and oxygen atoms in total. The molecule has 0 aliphatic rings. The van der Waals surface area contributed by atoms with Crippen LogP contribution in [0.25, 0.3) is 6.08 Å². The van der Waals surface area contributed by atoms with Crippen LogP contribution in [0.1, 0.15) is 81.9 Å². The summed E-state index contributed by atoms with van der Waals surface area (Å²) in [5, 5.41) is 0. The molecule has 7 heteroatoms. The van der Waals surface area contributed by atoms with Gasteiger partial charge in [0.2, 0.25) is 5.78 Å². The first-order valence-electron chi connectivity index (χ1n) is 14.1. The van der Waals surface area contributed by atoms with Gasteiger partial charge in [-0.15, -0.1) is 13.2 Å². The highest BCUT2D eigenvalue weighted by molar-refractivity contribution is 6.10. The molecule has 2 aromatic rings. The standard InChI is InChI=1S/C35H44O7/c1-11-14-24-21-25(30(40-20-13-3)27(15-12-2)31(24)42-33(38)35(7,8)9)22-28(39-10)29(36)23-16-18-26(19-17-23)41-32(37)34(4,5)6/h11-12,16-19,21-22H,1-2,13-15,20H2,3-10H3. The molecule has 0 aliphatic carbocycles. The van der Waals surface area contributed by atoms with Crippen molar-refractivity contribution >= 4 is 23.8 Å². The van der Waals surface area contributed by atoms with Crippen LogP contribution >= 0.6 is 0 Å². The van der Waals surface area contributed by atoms with Crippen molar-refractivity contribution in [1.29, 1.82) is 0 Å². The lowest BCUT2D eigenvalue weighted by Gasteiger charge is -2.23. The van der Waals surface area contributed by atoms with Crippen molar-refractivity contribution in [2.75, 3.05) is 13.7 Å². The number of rotatable bonds is 13. The molecular formula is C35H44O7. The Balaban J connectivity index is 2.65. The number of allylic oxidation sites excluding steroid dienone is 3. The van der Waals surface area contributed by atoms with Crippen molar-refractivity contribution in [2.45, 2.75) is 67.7 Å². The maximum atomic E-state index is 13.5. The molecule has 42 heavy (non-hydrogen) atoms. The molecule has 0 N–H and O–H groups in total. The largest absolute Gasteiger partial charge is 0.493 e. The molecule has 0 saturated heterocycles. The van der Waals surface area contributed by atoms with Gasteiger partial charge in [0, 0.05) is 16.7 Å². The third-order valence-corrected chi connectivity index (χ3v) is 6.07. The van der Waals surface area contributed by atoms with Crippen LogP contribution in [-0.2, 0) is 27.2 Å². The quantitative estimate of drug-likeness (QED) is 0.0603. The SMILES string of the molecule is C=CCc1cc(C=C(OC)C(=O)c2ccc(OC(=O)C(C)(C)C)cc2)c(OCCC)c(CC=C)c1OC(=O)C(C)(C)C. The number of benzene rings is 2. The van der Waals surface area contributed by atoms with Gasteiger partial charge >= 0.3 is 11.9 Å². The summed E-state index contributed by atoms with van der Waals surface area (Å²) in [5.74, 6) is 0.175. The zero-order chi connectivity index (χ0) is 31.7. The second-order valence-electron chi connectivity index (χ2n) is 11.9. The van der Waals surface area contributed by atoms with Crippen molar-refractivity contribution in [3.8, 4) is 17.2 Å². The average Bonchev–Trinajstić information content (AvgIpc) is 2.92. The maximum Gasteiger partial charge on any atom is 0.316 e. The van der Waals surface area contributed by atoms with Crippen molar-refractivity contribution in [3.05, 3.63) is 83.7 Å². The zero-order valence-electron chi connectivity index (χ0n) is 26.2. The first-order valence-corrected chi connectivity index (χ1v) is 14.1. The molecule has 0 fully saturated rings. The van der Waals surface area contributed by atoms with Gasteiger partial charge < -0.3 is 18.9 Å². The van der Waals surface area contributed by atoms with Gasteiger partial charge in [-0.3, -0.25) is 14.4 Å². The first kappa shape index (κ1) is 34.1. The second kappa shape index (κ2) is 14.7. The highest BCUT2D eigenvalue weighted by Gasteiger charge is 2.28. The molecule has 0 spiro atoms. The van der Waals surface area contributed by atoms with E-state index in [1.54, 1.807) is 84.0 Å². The van der Waals surface area contributed by atoms with E-state index in [0.717, 1.165) is 6.42 Å². The van der Waals surface area contributed by atoms with Gasteiger partial charge in [0.1, 0.15) is 17.2 Å². The van der Waals surface area contributed by atoms with Crippen molar-refractivity contribution < 1.29 is 33.3 Å². The Labute approximate surface area is 250 Å². The molecule has 0 amide bonds. The van der Waals surface area contributed by atoms with Gasteiger partial charge in [-0.25, -0.2) is 0 Å². The summed E-state index contributed by atoms with van der Waals surface area (Å²) in [6.45, 7) is 20.8. The van der Waals surface area contributed by atoms with Gasteiger partial charge in [0.25, 0.3) is 0 Å². The van der Waals surface area contributed by atoms with Gasteiger partial charge in [0.15, 0.2) is 5.76 Å². The van der Waals surface area contributed by atoms with E-state index < -0.39 is 10.8 Å². The highest BCUT2D eigenvalue weighted by atomic mass is 16.5. The number of hydrogen-bond donors (Lipinski definition) is 0. The van der Waals surface area contributed by atoms with Crippen LogP contribution in [0, 0.1) is 10.8 Å². The smallest absolute Gasteiger partial charge is 0.316 e. The van der Waals surface area contributed by atoms with E-state index >= 15 is 0 Å². The van der Waals surface area contributed by atoms with Crippen molar-refractivity contribution in [3.63, 3.8) is 0 Å². The molecule has 0 aliphatic heterocycles. The minimum absolute atomic E-state index is 0.0735. The number of esters is 2. The Morgan fingerprint density at radius 2 is 1.40 bits per heavy atom. The van der Waals surface area contributed by atoms with Crippen molar-refractivity contribution in [1.82, 2.24) is 0 Å². The molecule has 2 aromatic carbocycles. The number of ketones is 1. The predicted molar refractivity (Wildman–Crippen MR) is 166 cm³/mol. The molecule has 0 aromatic heterocycles. The summed E-state index contributed by atoms with van der Waals surface area (Å²) in [7, 11) is 1.42. The summed E-state index contributed by atoms with van der Waals surface area (Å²) < 4.78 is 23.1. The minimum atomic E-state index is -0.726. The normalized spacial score (nSPS) is 11.9. The molecule has 226 valence electrons. The van der Waals surface area contributed by atoms with Gasteiger partial charge in [-0.1, -0.05) is 19.1 Å². The average molecular weight is 577 g/mol. The van der Waals surface area contributed by atoms with Crippen LogP contribution in [0.3, 0.4) is 0 Å². The second-order valence-corrected chi connectivity index (χ2v) is 11.9.